The zero-order chi connectivity index (χ0) is 26.1. The van der Waals surface area contributed by atoms with Gasteiger partial charge in [0.2, 0.25) is 0 Å². The van der Waals surface area contributed by atoms with Crippen LogP contribution >= 0.6 is 34.2 Å². The standard InChI is InChI=1S/C26H23O6P2.2ClH.Pd/c27-33(29-23-13-5-1-6-14-23,30-24-15-7-2-8-16-24)21-22-34(28,31-25-17-9-3-10-18-25)32-26-19-11-4-12-20-26;;;/h1-21H,22H2;2*1H;/q;;;+2/p-2. The average molecular weight is 671 g/mol. The molecule has 37 heavy (non-hydrogen) atoms. The van der Waals surface area contributed by atoms with Crippen LogP contribution in [-0.2, 0) is 23.8 Å². The summed E-state index contributed by atoms with van der Waals surface area (Å²) in [6.07, 6.45) is -0.415. The third-order valence-electron chi connectivity index (χ3n) is 4.77. The fraction of sp³-hybridized carbons (Fsp3) is 0.0769. The molecule has 0 saturated carbocycles. The van der Waals surface area contributed by atoms with E-state index in [2.05, 4.69) is 0 Å². The molecule has 0 saturated heterocycles. The van der Waals surface area contributed by atoms with Gasteiger partial charge in [0.1, 0.15) is 0 Å². The second-order valence-electron chi connectivity index (χ2n) is 7.53. The van der Waals surface area contributed by atoms with Gasteiger partial charge in [-0.25, -0.2) is 0 Å². The van der Waals surface area contributed by atoms with Crippen LogP contribution in [0.3, 0.4) is 0 Å². The molecule has 1 atom stereocenters. The molecule has 0 heterocycles. The van der Waals surface area contributed by atoms with Crippen LogP contribution < -0.4 is 18.1 Å². The maximum atomic E-state index is 14.5. The predicted molar refractivity (Wildman–Crippen MR) is 144 cm³/mol. The van der Waals surface area contributed by atoms with Crippen LogP contribution in [0.15, 0.2) is 121 Å². The van der Waals surface area contributed by atoms with Gasteiger partial charge in [-0.15, -0.1) is 0 Å². The van der Waals surface area contributed by atoms with Crippen molar-refractivity contribution in [2.75, 3.05) is 6.16 Å². The topological polar surface area (TPSA) is 71.1 Å². The molecule has 0 bridgehead atoms. The third kappa shape index (κ3) is 8.13. The molecular formula is C26H23Cl2O6P2Pd. The van der Waals surface area contributed by atoms with Crippen LogP contribution in [0.25, 0.3) is 0 Å². The molecule has 0 radical (unpaired) electrons. The van der Waals surface area contributed by atoms with Crippen LogP contribution in [0.1, 0.15) is 0 Å². The summed E-state index contributed by atoms with van der Waals surface area (Å²) in [4.78, 5) is 0. The van der Waals surface area contributed by atoms with Gasteiger partial charge in [0, 0.05) is 0 Å². The van der Waals surface area contributed by atoms with Gasteiger partial charge in [-0.2, -0.15) is 0 Å². The molecule has 0 aliphatic carbocycles. The minimum atomic E-state index is -4.18. The van der Waals surface area contributed by atoms with Gasteiger partial charge >= 0.3 is 231 Å². The van der Waals surface area contributed by atoms with Gasteiger partial charge in [0.25, 0.3) is 0 Å². The number of rotatable bonds is 12. The SMILES string of the molecule is O=P(C[CH]([Pd]([Cl])[Cl])P(=O)(Oc1ccccc1)Oc1ccccc1)(Oc1ccccc1)Oc1ccccc1. The summed E-state index contributed by atoms with van der Waals surface area (Å²) in [5.41, 5.74) is 0. The van der Waals surface area contributed by atoms with E-state index in [1.165, 1.54) is 0 Å². The zero-order valence-electron chi connectivity index (χ0n) is 19.2. The first kappa shape index (κ1) is 27.8. The van der Waals surface area contributed by atoms with Gasteiger partial charge in [-0.3, -0.25) is 0 Å². The Balaban J connectivity index is 1.73. The number of para-hydroxylation sites is 4. The molecule has 4 rings (SSSR count). The maximum absolute atomic E-state index is 14.5. The molecule has 6 nitrogen and oxygen atoms in total. The van der Waals surface area contributed by atoms with Crippen LogP contribution in [0, 0.1) is 0 Å². The van der Waals surface area contributed by atoms with Crippen LogP contribution in [0.2, 0.25) is 0 Å². The molecule has 4 aromatic carbocycles. The molecule has 0 fully saturated rings. The predicted octanol–water partition coefficient (Wildman–Crippen LogP) is 8.94. The first-order valence-corrected chi connectivity index (χ1v) is 19.2. The number of halogens is 2. The molecule has 0 aromatic heterocycles. The van der Waals surface area contributed by atoms with E-state index in [4.69, 9.17) is 37.2 Å². The first-order chi connectivity index (χ1) is 17.9. The number of hydrogen-bond acceptors (Lipinski definition) is 6. The summed E-state index contributed by atoms with van der Waals surface area (Å²) in [6, 6.07) is 34.2. The average Bonchev–Trinajstić information content (AvgIpc) is 2.89. The number of benzene rings is 4. The van der Waals surface area contributed by atoms with Crippen molar-refractivity contribution in [2.45, 2.75) is 4.13 Å². The fourth-order valence-corrected chi connectivity index (χ4v) is 14.8. The molecule has 0 N–H and O–H groups in total. The van der Waals surface area contributed by atoms with Gasteiger partial charge in [0.05, 0.1) is 0 Å². The first-order valence-electron chi connectivity index (χ1n) is 11.0. The molecule has 4 aromatic rings. The second kappa shape index (κ2) is 13.0. The van der Waals surface area contributed by atoms with E-state index < -0.39 is 40.2 Å². The summed E-state index contributed by atoms with van der Waals surface area (Å²) in [7, 11) is 4.75. The normalized spacial score (nSPS) is 12.8. The van der Waals surface area contributed by atoms with Gasteiger partial charge in [-0.1, -0.05) is 0 Å². The Morgan fingerprint density at radius 1 is 0.541 bits per heavy atom. The molecule has 0 aliphatic rings. The second-order valence-corrected chi connectivity index (χ2v) is 18.0. The van der Waals surface area contributed by atoms with Crippen molar-refractivity contribution in [1.82, 2.24) is 0 Å². The summed E-state index contributed by atoms with van der Waals surface area (Å²) in [5, 5.41) is 0. The summed E-state index contributed by atoms with van der Waals surface area (Å²) in [5.74, 6) is 1.19. The van der Waals surface area contributed by atoms with E-state index in [0.29, 0.717) is 11.5 Å². The van der Waals surface area contributed by atoms with Crippen LogP contribution in [0.4, 0.5) is 0 Å². The van der Waals surface area contributed by atoms with E-state index in [1.54, 1.807) is 121 Å². The molecule has 0 amide bonds. The summed E-state index contributed by atoms with van der Waals surface area (Å²) < 4.78 is 51.2. The van der Waals surface area contributed by atoms with E-state index in [9.17, 15) is 9.13 Å². The Morgan fingerprint density at radius 2 is 0.838 bits per heavy atom. The molecule has 0 aliphatic heterocycles. The Morgan fingerprint density at radius 3 is 1.14 bits per heavy atom. The molecular weight excluding hydrogens is 648 g/mol. The van der Waals surface area contributed by atoms with Crippen molar-refractivity contribution >= 4 is 34.2 Å². The van der Waals surface area contributed by atoms with Crippen molar-refractivity contribution in [3.63, 3.8) is 0 Å². The fourth-order valence-electron chi connectivity index (χ4n) is 3.15. The third-order valence-corrected chi connectivity index (χ3v) is 15.7. The van der Waals surface area contributed by atoms with E-state index >= 15 is 0 Å². The van der Waals surface area contributed by atoms with Crippen molar-refractivity contribution in [2.24, 2.45) is 0 Å². The molecule has 197 valence electrons. The van der Waals surface area contributed by atoms with Gasteiger partial charge in [-0.05, 0) is 0 Å². The Kier molecular flexibility index (Phi) is 9.79. The summed E-state index contributed by atoms with van der Waals surface area (Å²) >= 11 is -2.65. The van der Waals surface area contributed by atoms with Crippen LogP contribution in [-0.4, -0.2) is 10.3 Å². The number of hydrogen-bond donors (Lipinski definition) is 0. The minimum absolute atomic E-state index is 0.286. The van der Waals surface area contributed by atoms with E-state index in [0.717, 1.165) is 0 Å². The Labute approximate surface area is 229 Å². The summed E-state index contributed by atoms with van der Waals surface area (Å²) in [6.45, 7) is 0. The molecule has 1 unspecified atom stereocenters. The van der Waals surface area contributed by atoms with Gasteiger partial charge in [0.15, 0.2) is 0 Å². The van der Waals surface area contributed by atoms with Crippen molar-refractivity contribution in [1.29, 1.82) is 0 Å². The molecule has 11 heteroatoms. The zero-order valence-corrected chi connectivity index (χ0v) is 24.1. The van der Waals surface area contributed by atoms with Crippen molar-refractivity contribution in [3.05, 3.63) is 121 Å². The van der Waals surface area contributed by atoms with E-state index in [1.807, 2.05) is 0 Å². The Bertz CT molecular complexity index is 1260. The van der Waals surface area contributed by atoms with Crippen molar-refractivity contribution < 1.29 is 41.9 Å². The van der Waals surface area contributed by atoms with E-state index in [-0.39, 0.29) is 11.5 Å². The molecule has 0 spiro atoms. The van der Waals surface area contributed by atoms with Crippen molar-refractivity contribution in [3.8, 4) is 23.0 Å². The quantitative estimate of drug-likeness (QED) is 0.111. The Hall–Kier alpha value is -2.22. The van der Waals surface area contributed by atoms with Crippen LogP contribution in [0.5, 0.6) is 23.0 Å². The monoisotopic (exact) mass is 669 g/mol. The van der Waals surface area contributed by atoms with Gasteiger partial charge < -0.3 is 0 Å².